The Morgan fingerprint density at radius 3 is 2.64 bits per heavy atom. The molecular formula is C20H25FN4. The molecular weight excluding hydrogens is 315 g/mol. The highest BCUT2D eigenvalue weighted by Crippen LogP contribution is 2.26. The Morgan fingerprint density at radius 2 is 1.84 bits per heavy atom. The maximum absolute atomic E-state index is 13.3. The first kappa shape index (κ1) is 16.6. The number of rotatable bonds is 4. The number of nitrogens with zero attached hydrogens (tertiary/aromatic N) is 3. The van der Waals surface area contributed by atoms with Gasteiger partial charge in [-0.15, -0.1) is 0 Å². The number of halogens is 1. The van der Waals surface area contributed by atoms with Crippen LogP contribution in [0.25, 0.3) is 11.3 Å². The van der Waals surface area contributed by atoms with E-state index in [-0.39, 0.29) is 5.82 Å². The maximum atomic E-state index is 13.3. The Labute approximate surface area is 148 Å². The highest BCUT2D eigenvalue weighted by molar-refractivity contribution is 5.64. The van der Waals surface area contributed by atoms with Gasteiger partial charge in [0.2, 0.25) is 0 Å². The molecule has 0 atom stereocenters. The zero-order chi connectivity index (χ0) is 17.1. The minimum atomic E-state index is -0.213. The van der Waals surface area contributed by atoms with Crippen molar-refractivity contribution in [2.24, 2.45) is 0 Å². The first-order chi connectivity index (χ1) is 12.3. The zero-order valence-corrected chi connectivity index (χ0v) is 14.6. The van der Waals surface area contributed by atoms with Crippen molar-refractivity contribution in [3.8, 4) is 11.3 Å². The lowest BCUT2D eigenvalue weighted by Gasteiger charge is -2.26. The summed E-state index contributed by atoms with van der Waals surface area (Å²) in [6.45, 7) is 5.16. The van der Waals surface area contributed by atoms with E-state index in [4.69, 9.17) is 9.97 Å². The Hall–Kier alpha value is -1.85. The highest BCUT2D eigenvalue weighted by Gasteiger charge is 2.19. The van der Waals surface area contributed by atoms with E-state index in [9.17, 15) is 4.39 Å². The molecule has 1 aromatic heterocycles. The maximum Gasteiger partial charge on any atom is 0.130 e. The molecule has 5 heteroatoms. The van der Waals surface area contributed by atoms with Crippen LogP contribution in [0, 0.1) is 5.82 Å². The molecule has 0 spiro atoms. The van der Waals surface area contributed by atoms with Gasteiger partial charge < -0.3 is 10.2 Å². The standard InChI is InChI=1S/C20H25FN4/c21-16-6-4-15(5-7-16)20-17-14-22-10-8-18(17)23-19(24-20)9-13-25-11-2-1-3-12-25/h4-7,22H,1-3,8-14H2. The first-order valence-corrected chi connectivity index (χ1v) is 9.37. The van der Waals surface area contributed by atoms with Gasteiger partial charge in [-0.2, -0.15) is 0 Å². The van der Waals surface area contributed by atoms with E-state index < -0.39 is 0 Å². The lowest BCUT2D eigenvalue weighted by Crippen LogP contribution is -2.32. The number of benzene rings is 1. The van der Waals surface area contributed by atoms with Crippen LogP contribution in [0.1, 0.15) is 36.3 Å². The van der Waals surface area contributed by atoms with Gasteiger partial charge in [-0.05, 0) is 50.2 Å². The van der Waals surface area contributed by atoms with Crippen LogP contribution in [0.15, 0.2) is 24.3 Å². The van der Waals surface area contributed by atoms with E-state index in [1.807, 2.05) is 12.1 Å². The molecule has 1 aromatic carbocycles. The van der Waals surface area contributed by atoms with Crippen LogP contribution in [0.2, 0.25) is 0 Å². The predicted molar refractivity (Wildman–Crippen MR) is 96.8 cm³/mol. The van der Waals surface area contributed by atoms with Crippen LogP contribution >= 0.6 is 0 Å². The molecule has 1 saturated heterocycles. The van der Waals surface area contributed by atoms with Gasteiger partial charge in [0.25, 0.3) is 0 Å². The largest absolute Gasteiger partial charge is 0.312 e. The van der Waals surface area contributed by atoms with E-state index in [0.29, 0.717) is 0 Å². The summed E-state index contributed by atoms with van der Waals surface area (Å²) in [5, 5.41) is 3.40. The number of hydrogen-bond acceptors (Lipinski definition) is 4. The molecule has 0 aliphatic carbocycles. The Morgan fingerprint density at radius 1 is 1.04 bits per heavy atom. The summed E-state index contributed by atoms with van der Waals surface area (Å²) in [6.07, 6.45) is 5.78. The molecule has 1 N–H and O–H groups in total. The molecule has 132 valence electrons. The van der Waals surface area contributed by atoms with Crippen molar-refractivity contribution in [3.05, 3.63) is 47.2 Å². The van der Waals surface area contributed by atoms with E-state index in [2.05, 4.69) is 10.2 Å². The van der Waals surface area contributed by atoms with Crippen molar-refractivity contribution >= 4 is 0 Å². The van der Waals surface area contributed by atoms with Crippen LogP contribution in [0.3, 0.4) is 0 Å². The molecule has 0 saturated carbocycles. The van der Waals surface area contributed by atoms with Gasteiger partial charge in [-0.3, -0.25) is 0 Å². The van der Waals surface area contributed by atoms with E-state index in [0.717, 1.165) is 55.3 Å². The highest BCUT2D eigenvalue weighted by atomic mass is 19.1. The van der Waals surface area contributed by atoms with Crippen molar-refractivity contribution in [2.45, 2.75) is 38.6 Å². The van der Waals surface area contributed by atoms with Gasteiger partial charge >= 0.3 is 0 Å². The molecule has 1 fully saturated rings. The molecule has 25 heavy (non-hydrogen) atoms. The van der Waals surface area contributed by atoms with E-state index in [1.165, 1.54) is 50.0 Å². The van der Waals surface area contributed by atoms with Crippen LogP contribution < -0.4 is 5.32 Å². The molecule has 4 nitrogen and oxygen atoms in total. The molecule has 0 amide bonds. The minimum Gasteiger partial charge on any atom is -0.312 e. The van der Waals surface area contributed by atoms with Crippen molar-refractivity contribution in [1.29, 1.82) is 0 Å². The third-order valence-corrected chi connectivity index (χ3v) is 5.20. The number of hydrogen-bond donors (Lipinski definition) is 1. The third kappa shape index (κ3) is 3.88. The number of nitrogens with one attached hydrogen (secondary N) is 1. The summed E-state index contributed by atoms with van der Waals surface area (Å²) in [5.74, 6) is 0.709. The number of aromatic nitrogens is 2. The predicted octanol–water partition coefficient (Wildman–Crippen LogP) is 2.96. The van der Waals surface area contributed by atoms with Crippen molar-refractivity contribution in [1.82, 2.24) is 20.2 Å². The van der Waals surface area contributed by atoms with Gasteiger partial charge in [0.05, 0.1) is 11.4 Å². The zero-order valence-electron chi connectivity index (χ0n) is 14.6. The van der Waals surface area contributed by atoms with Crippen molar-refractivity contribution in [2.75, 3.05) is 26.2 Å². The Bertz CT molecular complexity index is 723. The Kier molecular flexibility index (Phi) is 5.04. The second-order valence-electron chi connectivity index (χ2n) is 7.00. The molecule has 0 bridgehead atoms. The lowest BCUT2D eigenvalue weighted by atomic mass is 10.00. The summed E-state index contributed by atoms with van der Waals surface area (Å²) >= 11 is 0. The number of piperidine rings is 1. The Balaban J connectivity index is 1.61. The van der Waals surface area contributed by atoms with Gasteiger partial charge in [0, 0.05) is 43.6 Å². The molecule has 2 aromatic rings. The van der Waals surface area contributed by atoms with E-state index in [1.54, 1.807) is 0 Å². The summed E-state index contributed by atoms with van der Waals surface area (Å²) < 4.78 is 13.3. The fraction of sp³-hybridized carbons (Fsp3) is 0.500. The van der Waals surface area contributed by atoms with Crippen LogP contribution in [-0.2, 0) is 19.4 Å². The van der Waals surface area contributed by atoms with Crippen molar-refractivity contribution in [3.63, 3.8) is 0 Å². The van der Waals surface area contributed by atoms with Crippen LogP contribution in [0.5, 0.6) is 0 Å². The van der Waals surface area contributed by atoms with Gasteiger partial charge in [-0.1, -0.05) is 6.42 Å². The van der Waals surface area contributed by atoms with Gasteiger partial charge in [0.1, 0.15) is 11.6 Å². The second kappa shape index (κ2) is 7.58. The summed E-state index contributed by atoms with van der Waals surface area (Å²) in [6, 6.07) is 6.66. The monoisotopic (exact) mass is 340 g/mol. The topological polar surface area (TPSA) is 41.1 Å². The normalized spacial score (nSPS) is 18.1. The third-order valence-electron chi connectivity index (χ3n) is 5.20. The number of fused-ring (bicyclic) bond motifs is 1. The number of likely N-dealkylation sites (tertiary alicyclic amines) is 1. The quantitative estimate of drug-likeness (QED) is 0.929. The summed E-state index contributed by atoms with van der Waals surface area (Å²) in [7, 11) is 0. The average molecular weight is 340 g/mol. The summed E-state index contributed by atoms with van der Waals surface area (Å²) in [5.41, 5.74) is 4.26. The smallest absolute Gasteiger partial charge is 0.130 e. The molecule has 0 unspecified atom stereocenters. The SMILES string of the molecule is Fc1ccc(-c2nc(CCN3CCCCC3)nc3c2CNCC3)cc1. The fourth-order valence-corrected chi connectivity index (χ4v) is 3.79. The van der Waals surface area contributed by atoms with Crippen LogP contribution in [0.4, 0.5) is 4.39 Å². The average Bonchev–Trinajstić information content (AvgIpc) is 2.67. The van der Waals surface area contributed by atoms with Crippen molar-refractivity contribution < 1.29 is 4.39 Å². The molecule has 3 heterocycles. The fourth-order valence-electron chi connectivity index (χ4n) is 3.79. The molecule has 2 aliphatic rings. The van der Waals surface area contributed by atoms with Gasteiger partial charge in [0.15, 0.2) is 0 Å². The minimum absolute atomic E-state index is 0.213. The summed E-state index contributed by atoms with van der Waals surface area (Å²) in [4.78, 5) is 12.2. The second-order valence-corrected chi connectivity index (χ2v) is 7.00. The first-order valence-electron chi connectivity index (χ1n) is 9.37. The molecule has 0 radical (unpaired) electrons. The van der Waals surface area contributed by atoms with Gasteiger partial charge in [-0.25, -0.2) is 14.4 Å². The molecule has 4 rings (SSSR count). The lowest BCUT2D eigenvalue weighted by molar-refractivity contribution is 0.230. The molecule has 2 aliphatic heterocycles. The van der Waals surface area contributed by atoms with Crippen LogP contribution in [-0.4, -0.2) is 41.0 Å². The van der Waals surface area contributed by atoms with E-state index >= 15 is 0 Å².